The molecule has 100 valence electrons. The number of piperidine rings is 1. The largest absolute Gasteiger partial charge is 0.396 e. The third-order valence-electron chi connectivity index (χ3n) is 2.73. The fourth-order valence-electron chi connectivity index (χ4n) is 1.72. The molecule has 1 saturated heterocycles. The van der Waals surface area contributed by atoms with Gasteiger partial charge in [0.15, 0.2) is 5.82 Å². The van der Waals surface area contributed by atoms with Gasteiger partial charge in [0.25, 0.3) is 5.91 Å². The fourth-order valence-corrected chi connectivity index (χ4v) is 1.72. The number of carbonyl (C=O) groups is 3. The van der Waals surface area contributed by atoms with Crippen LogP contribution in [0, 0.1) is 0 Å². The summed E-state index contributed by atoms with van der Waals surface area (Å²) >= 11 is 0. The molecule has 1 aromatic rings. The number of nitrogens with one attached hydrogen (secondary N) is 2. The Morgan fingerprint density at radius 3 is 2.79 bits per heavy atom. The molecule has 0 aromatic carbocycles. The fraction of sp³-hybridized carbons (Fsp3) is 0.273. The highest BCUT2D eigenvalue weighted by Gasteiger charge is 2.27. The molecular weight excluding hydrogens is 250 g/mol. The van der Waals surface area contributed by atoms with Gasteiger partial charge in [-0.05, 0) is 18.6 Å². The number of hydrogen-bond donors (Lipinski definition) is 4. The molecule has 1 aromatic heterocycles. The number of pyridine rings is 1. The minimum absolute atomic E-state index is 0.0454. The van der Waals surface area contributed by atoms with Crippen molar-refractivity contribution in [1.29, 1.82) is 0 Å². The van der Waals surface area contributed by atoms with Gasteiger partial charge in [-0.25, -0.2) is 4.98 Å². The molecule has 0 aliphatic carbocycles. The van der Waals surface area contributed by atoms with Crippen LogP contribution in [0.25, 0.3) is 0 Å². The second-order valence-corrected chi connectivity index (χ2v) is 4.15. The number of rotatable bonds is 3. The van der Waals surface area contributed by atoms with Crippen LogP contribution in [-0.4, -0.2) is 28.7 Å². The van der Waals surface area contributed by atoms with Crippen molar-refractivity contribution >= 4 is 29.2 Å². The van der Waals surface area contributed by atoms with E-state index in [0.717, 1.165) is 0 Å². The zero-order valence-corrected chi connectivity index (χ0v) is 9.97. The maximum absolute atomic E-state index is 11.6. The van der Waals surface area contributed by atoms with E-state index in [2.05, 4.69) is 15.6 Å². The van der Waals surface area contributed by atoms with Gasteiger partial charge in [0.1, 0.15) is 11.7 Å². The van der Waals surface area contributed by atoms with Crippen LogP contribution in [0.1, 0.15) is 23.3 Å². The number of nitrogen functional groups attached to an aromatic ring is 1. The van der Waals surface area contributed by atoms with Crippen LogP contribution in [0.5, 0.6) is 0 Å². The van der Waals surface area contributed by atoms with Crippen LogP contribution in [0.2, 0.25) is 0 Å². The Hall–Kier alpha value is -2.64. The monoisotopic (exact) mass is 263 g/mol. The molecule has 0 bridgehead atoms. The first-order valence-corrected chi connectivity index (χ1v) is 5.64. The maximum Gasteiger partial charge on any atom is 0.267 e. The summed E-state index contributed by atoms with van der Waals surface area (Å²) in [6.07, 6.45) is 0.575. The van der Waals surface area contributed by atoms with Crippen LogP contribution in [0.3, 0.4) is 0 Å². The standard InChI is InChI=1S/C11H13N5O3/c12-5-1-2-6(9(13)18)14-10(5)15-7-3-4-8(17)16-11(7)19/h1-2,7H,3-4,12H2,(H2,13,18)(H,14,15)(H,16,17,19). The molecule has 0 radical (unpaired) electrons. The predicted molar refractivity (Wildman–Crippen MR) is 67.0 cm³/mol. The van der Waals surface area contributed by atoms with Crippen LogP contribution in [0.15, 0.2) is 12.1 Å². The minimum Gasteiger partial charge on any atom is -0.396 e. The average molecular weight is 263 g/mol. The highest BCUT2D eigenvalue weighted by atomic mass is 16.2. The molecule has 1 atom stereocenters. The molecule has 8 nitrogen and oxygen atoms in total. The van der Waals surface area contributed by atoms with Crippen molar-refractivity contribution in [2.24, 2.45) is 5.73 Å². The van der Waals surface area contributed by atoms with Crippen molar-refractivity contribution in [2.75, 3.05) is 11.1 Å². The molecule has 0 saturated carbocycles. The topological polar surface area (TPSA) is 140 Å². The van der Waals surface area contributed by atoms with E-state index >= 15 is 0 Å². The van der Waals surface area contributed by atoms with Gasteiger partial charge >= 0.3 is 0 Å². The third kappa shape index (κ3) is 2.79. The third-order valence-corrected chi connectivity index (χ3v) is 2.73. The summed E-state index contributed by atoms with van der Waals surface area (Å²) < 4.78 is 0. The number of imide groups is 1. The molecule has 1 aliphatic rings. The summed E-state index contributed by atoms with van der Waals surface area (Å²) in [4.78, 5) is 37.6. The second kappa shape index (κ2) is 4.92. The predicted octanol–water partition coefficient (Wildman–Crippen LogP) is -1.02. The summed E-state index contributed by atoms with van der Waals surface area (Å²) in [5.74, 6) is -1.24. The van der Waals surface area contributed by atoms with Crippen LogP contribution >= 0.6 is 0 Å². The zero-order valence-electron chi connectivity index (χ0n) is 9.97. The molecule has 2 rings (SSSR count). The molecule has 1 aliphatic heterocycles. The lowest BCUT2D eigenvalue weighted by Crippen LogP contribution is -2.47. The zero-order chi connectivity index (χ0) is 14.0. The molecule has 19 heavy (non-hydrogen) atoms. The molecule has 1 unspecified atom stereocenters. The van der Waals surface area contributed by atoms with Gasteiger partial charge in [-0.3, -0.25) is 19.7 Å². The van der Waals surface area contributed by atoms with E-state index in [-0.39, 0.29) is 29.5 Å². The lowest BCUT2D eigenvalue weighted by atomic mass is 10.1. The Labute approximate surface area is 108 Å². The van der Waals surface area contributed by atoms with Crippen molar-refractivity contribution in [3.05, 3.63) is 17.8 Å². The molecular formula is C11H13N5O3. The van der Waals surface area contributed by atoms with E-state index in [4.69, 9.17) is 11.5 Å². The molecule has 8 heteroatoms. The summed E-state index contributed by atoms with van der Waals surface area (Å²) in [5.41, 5.74) is 11.2. The van der Waals surface area contributed by atoms with E-state index in [0.29, 0.717) is 6.42 Å². The number of hydrogen-bond acceptors (Lipinski definition) is 6. The summed E-state index contributed by atoms with van der Waals surface area (Å²) in [5, 5.41) is 5.01. The first-order chi connectivity index (χ1) is 8.97. The van der Waals surface area contributed by atoms with E-state index < -0.39 is 17.9 Å². The molecule has 3 amide bonds. The Bertz CT molecular complexity index is 557. The second-order valence-electron chi connectivity index (χ2n) is 4.15. The van der Waals surface area contributed by atoms with Crippen LogP contribution < -0.4 is 22.1 Å². The maximum atomic E-state index is 11.6. The summed E-state index contributed by atoms with van der Waals surface area (Å²) in [6.45, 7) is 0. The summed E-state index contributed by atoms with van der Waals surface area (Å²) in [6, 6.07) is 2.25. The smallest absolute Gasteiger partial charge is 0.267 e. The van der Waals surface area contributed by atoms with Crippen molar-refractivity contribution in [1.82, 2.24) is 10.3 Å². The van der Waals surface area contributed by atoms with E-state index in [1.165, 1.54) is 12.1 Å². The average Bonchev–Trinajstić information content (AvgIpc) is 2.34. The van der Waals surface area contributed by atoms with Crippen molar-refractivity contribution < 1.29 is 14.4 Å². The van der Waals surface area contributed by atoms with Gasteiger partial charge < -0.3 is 16.8 Å². The number of amides is 3. The van der Waals surface area contributed by atoms with Gasteiger partial charge in [0.05, 0.1) is 5.69 Å². The Morgan fingerprint density at radius 1 is 1.42 bits per heavy atom. The van der Waals surface area contributed by atoms with Gasteiger partial charge in [-0.15, -0.1) is 0 Å². The quantitative estimate of drug-likeness (QED) is 0.514. The SMILES string of the molecule is NC(=O)c1ccc(N)c(NC2CCC(=O)NC2=O)n1. The van der Waals surface area contributed by atoms with E-state index in [1.807, 2.05) is 0 Å². The van der Waals surface area contributed by atoms with Crippen LogP contribution in [0.4, 0.5) is 11.5 Å². The first kappa shape index (κ1) is 12.8. The van der Waals surface area contributed by atoms with Crippen LogP contribution in [-0.2, 0) is 9.59 Å². The Balaban J connectivity index is 2.18. The van der Waals surface area contributed by atoms with Gasteiger partial charge in [0.2, 0.25) is 11.8 Å². The number of anilines is 2. The molecule has 6 N–H and O–H groups in total. The first-order valence-electron chi connectivity index (χ1n) is 5.64. The van der Waals surface area contributed by atoms with E-state index in [1.54, 1.807) is 0 Å². The van der Waals surface area contributed by atoms with Gasteiger partial charge in [-0.1, -0.05) is 0 Å². The van der Waals surface area contributed by atoms with Gasteiger partial charge in [-0.2, -0.15) is 0 Å². The van der Waals surface area contributed by atoms with Gasteiger partial charge in [0, 0.05) is 6.42 Å². The molecule has 0 spiro atoms. The Kier molecular flexibility index (Phi) is 3.32. The molecule has 1 fully saturated rings. The highest BCUT2D eigenvalue weighted by molar-refractivity contribution is 6.01. The number of carbonyl (C=O) groups excluding carboxylic acids is 3. The lowest BCUT2D eigenvalue weighted by molar-refractivity contribution is -0.133. The number of aromatic nitrogens is 1. The van der Waals surface area contributed by atoms with Crippen molar-refractivity contribution in [2.45, 2.75) is 18.9 Å². The minimum atomic E-state index is -0.689. The number of primary amides is 1. The normalized spacial score (nSPS) is 18.8. The Morgan fingerprint density at radius 2 is 2.16 bits per heavy atom. The molecule has 2 heterocycles. The number of nitrogens with two attached hydrogens (primary N) is 2. The van der Waals surface area contributed by atoms with Crippen molar-refractivity contribution in [3.8, 4) is 0 Å². The highest BCUT2D eigenvalue weighted by Crippen LogP contribution is 2.19. The lowest BCUT2D eigenvalue weighted by Gasteiger charge is -2.22. The summed E-state index contributed by atoms with van der Waals surface area (Å²) in [7, 11) is 0. The van der Waals surface area contributed by atoms with E-state index in [9.17, 15) is 14.4 Å². The number of nitrogens with zero attached hydrogens (tertiary/aromatic N) is 1. The van der Waals surface area contributed by atoms with Crippen molar-refractivity contribution in [3.63, 3.8) is 0 Å².